The molecular formula is C24H22BrN3O3. The highest BCUT2D eigenvalue weighted by atomic mass is 79.9. The second kappa shape index (κ2) is 6.85. The van der Waals surface area contributed by atoms with Gasteiger partial charge in [0.2, 0.25) is 11.8 Å². The first-order chi connectivity index (χ1) is 14.7. The number of hydrogen-bond donors (Lipinski definition) is 0. The van der Waals surface area contributed by atoms with Gasteiger partial charge in [0.1, 0.15) is 6.04 Å². The van der Waals surface area contributed by atoms with Gasteiger partial charge in [-0.1, -0.05) is 61.0 Å². The van der Waals surface area contributed by atoms with Crippen molar-refractivity contribution in [3.05, 3.63) is 64.1 Å². The van der Waals surface area contributed by atoms with E-state index in [9.17, 15) is 14.4 Å². The van der Waals surface area contributed by atoms with Crippen LogP contribution in [-0.4, -0.2) is 34.9 Å². The lowest BCUT2D eigenvalue weighted by Crippen LogP contribution is -2.48. The highest BCUT2D eigenvalue weighted by Gasteiger charge is 2.66. The molecule has 2 amide bonds. The third-order valence-electron chi connectivity index (χ3n) is 6.39. The number of Topliss-reactive ketones (excluding diaryl/α,β-unsaturated/α-hetero) is 1. The number of rotatable bonds is 2. The van der Waals surface area contributed by atoms with Gasteiger partial charge in [-0.15, -0.1) is 0 Å². The van der Waals surface area contributed by atoms with Crippen molar-refractivity contribution < 1.29 is 14.4 Å². The first kappa shape index (κ1) is 20.1. The maximum atomic E-state index is 13.7. The number of hydrogen-bond acceptors (Lipinski definition) is 5. The summed E-state index contributed by atoms with van der Waals surface area (Å²) < 4.78 is 0.859. The summed E-state index contributed by atoms with van der Waals surface area (Å²) in [6, 6.07) is 13.6. The molecule has 6 nitrogen and oxygen atoms in total. The maximum absolute atomic E-state index is 13.7. The molecule has 0 bridgehead atoms. The van der Waals surface area contributed by atoms with Crippen LogP contribution >= 0.6 is 15.9 Å². The van der Waals surface area contributed by atoms with Crippen LogP contribution in [0.5, 0.6) is 0 Å². The minimum Gasteiger partial charge on any atom is -0.297 e. The molecule has 0 aliphatic carbocycles. The smallest absolute Gasteiger partial charge is 0.240 e. The fraction of sp³-hybridized carbons (Fsp3) is 0.333. The minimum absolute atomic E-state index is 0.0830. The summed E-state index contributed by atoms with van der Waals surface area (Å²) >= 11 is 3.39. The Labute approximate surface area is 189 Å². The number of carbonyl (C=O) groups is 3. The van der Waals surface area contributed by atoms with E-state index in [1.807, 2.05) is 45.0 Å². The lowest BCUT2D eigenvalue weighted by molar-refractivity contribution is -0.136. The van der Waals surface area contributed by atoms with Crippen LogP contribution in [0, 0.1) is 17.3 Å². The van der Waals surface area contributed by atoms with Crippen molar-refractivity contribution in [2.45, 2.75) is 32.9 Å². The van der Waals surface area contributed by atoms with Gasteiger partial charge in [-0.05, 0) is 35.4 Å². The van der Waals surface area contributed by atoms with E-state index in [1.165, 1.54) is 4.90 Å². The molecular weight excluding hydrogens is 458 g/mol. The number of anilines is 1. The number of amides is 2. The molecule has 2 aromatic rings. The molecule has 3 aliphatic rings. The van der Waals surface area contributed by atoms with Gasteiger partial charge in [-0.3, -0.25) is 19.4 Å². The second-order valence-electron chi connectivity index (χ2n) is 9.30. The zero-order chi connectivity index (χ0) is 22.1. The molecule has 0 radical (unpaired) electrons. The van der Waals surface area contributed by atoms with E-state index in [4.69, 9.17) is 0 Å². The number of carbonyl (C=O) groups excluding carboxylic acids is 3. The lowest BCUT2D eigenvalue weighted by Gasteiger charge is -2.35. The van der Waals surface area contributed by atoms with E-state index >= 15 is 0 Å². The number of nitrogens with zero attached hydrogens (tertiary/aromatic N) is 3. The van der Waals surface area contributed by atoms with Crippen LogP contribution in [0.3, 0.4) is 0 Å². The van der Waals surface area contributed by atoms with Crippen LogP contribution < -0.4 is 4.90 Å². The lowest BCUT2D eigenvalue weighted by atomic mass is 9.79. The first-order valence-corrected chi connectivity index (χ1v) is 11.1. The predicted molar refractivity (Wildman–Crippen MR) is 120 cm³/mol. The molecule has 0 spiro atoms. The molecule has 0 aromatic heterocycles. The van der Waals surface area contributed by atoms with E-state index in [2.05, 4.69) is 21.0 Å². The molecule has 5 rings (SSSR count). The number of hydrazone groups is 1. The van der Waals surface area contributed by atoms with Crippen molar-refractivity contribution in [2.24, 2.45) is 22.4 Å². The Morgan fingerprint density at radius 2 is 1.61 bits per heavy atom. The van der Waals surface area contributed by atoms with Crippen LogP contribution in [0.15, 0.2) is 58.1 Å². The number of halogens is 1. The monoisotopic (exact) mass is 479 g/mol. The van der Waals surface area contributed by atoms with Crippen molar-refractivity contribution >= 4 is 45.4 Å². The Hall–Kier alpha value is -2.80. The summed E-state index contributed by atoms with van der Waals surface area (Å²) in [5.74, 6) is -2.12. The summed E-state index contributed by atoms with van der Waals surface area (Å²) in [5.41, 5.74) is 1.68. The topological polar surface area (TPSA) is 70.0 Å². The fourth-order valence-electron chi connectivity index (χ4n) is 4.96. The average Bonchev–Trinajstić information content (AvgIpc) is 3.20. The van der Waals surface area contributed by atoms with E-state index in [0.29, 0.717) is 5.69 Å². The van der Waals surface area contributed by atoms with Crippen molar-refractivity contribution in [1.82, 2.24) is 5.01 Å². The van der Waals surface area contributed by atoms with Gasteiger partial charge in [0, 0.05) is 9.89 Å². The van der Waals surface area contributed by atoms with Gasteiger partial charge in [0.25, 0.3) is 0 Å². The predicted octanol–water partition coefficient (Wildman–Crippen LogP) is 3.94. The molecule has 3 aliphatic heterocycles. The number of ketones is 1. The Kier molecular flexibility index (Phi) is 4.45. The van der Waals surface area contributed by atoms with Gasteiger partial charge in [0.15, 0.2) is 5.78 Å². The third kappa shape index (κ3) is 2.90. The molecule has 2 saturated heterocycles. The van der Waals surface area contributed by atoms with Crippen molar-refractivity contribution in [3.63, 3.8) is 0 Å². The van der Waals surface area contributed by atoms with Crippen LogP contribution in [0.2, 0.25) is 0 Å². The first-order valence-electron chi connectivity index (χ1n) is 10.3. The summed E-state index contributed by atoms with van der Waals surface area (Å²) in [5, 5.41) is 6.28. The maximum Gasteiger partial charge on any atom is 0.240 e. The SMILES string of the molecule is CC(C)(C)C(=O)[C@@H]1[C@@H]2C(=O)N(c3ccc(Br)cc3)C(=O)[C@@H]2[C@@H]2c3ccccc3C=NN12. The molecule has 31 heavy (non-hydrogen) atoms. The fourth-order valence-corrected chi connectivity index (χ4v) is 5.22. The quantitative estimate of drug-likeness (QED) is 0.611. The largest absolute Gasteiger partial charge is 0.297 e. The van der Waals surface area contributed by atoms with Crippen molar-refractivity contribution in [1.29, 1.82) is 0 Å². The summed E-state index contributed by atoms with van der Waals surface area (Å²) in [7, 11) is 0. The van der Waals surface area contributed by atoms with E-state index < -0.39 is 29.3 Å². The normalized spacial score (nSPS) is 26.7. The zero-order valence-corrected chi connectivity index (χ0v) is 19.0. The van der Waals surface area contributed by atoms with Gasteiger partial charge in [-0.25, -0.2) is 4.90 Å². The summed E-state index contributed by atoms with van der Waals surface area (Å²) in [6.45, 7) is 5.52. The average molecular weight is 480 g/mol. The molecule has 2 fully saturated rings. The van der Waals surface area contributed by atoms with E-state index in [-0.39, 0.29) is 17.6 Å². The zero-order valence-electron chi connectivity index (χ0n) is 17.4. The van der Waals surface area contributed by atoms with Gasteiger partial charge in [0.05, 0.1) is 29.8 Å². The van der Waals surface area contributed by atoms with Gasteiger partial charge in [-0.2, -0.15) is 5.10 Å². The Bertz CT molecular complexity index is 1140. The van der Waals surface area contributed by atoms with E-state index in [0.717, 1.165) is 15.6 Å². The number of benzene rings is 2. The van der Waals surface area contributed by atoms with Gasteiger partial charge >= 0.3 is 0 Å². The summed E-state index contributed by atoms with van der Waals surface area (Å²) in [4.78, 5) is 42.1. The minimum atomic E-state index is -0.781. The Balaban J connectivity index is 1.66. The molecule has 2 aromatic carbocycles. The highest BCUT2D eigenvalue weighted by molar-refractivity contribution is 9.10. The molecule has 0 N–H and O–H groups in total. The van der Waals surface area contributed by atoms with Gasteiger partial charge < -0.3 is 0 Å². The molecule has 7 heteroatoms. The van der Waals surface area contributed by atoms with Crippen molar-refractivity contribution in [2.75, 3.05) is 4.90 Å². The molecule has 158 valence electrons. The molecule has 0 unspecified atom stereocenters. The standard InChI is InChI=1S/C24H22BrN3O3/c1-24(2,3)21(29)20-18-17(19-16-7-5-4-6-13(16)12-26-28(19)20)22(30)27(23(18)31)15-10-8-14(25)9-11-15/h4-12,17-20H,1-3H3/t17-,18+,19-,20-/m0/s1. The number of imide groups is 1. The Morgan fingerprint density at radius 3 is 2.29 bits per heavy atom. The molecule has 3 heterocycles. The van der Waals surface area contributed by atoms with Crippen molar-refractivity contribution in [3.8, 4) is 0 Å². The van der Waals surface area contributed by atoms with Crippen LogP contribution in [0.4, 0.5) is 5.69 Å². The third-order valence-corrected chi connectivity index (χ3v) is 6.91. The van der Waals surface area contributed by atoms with Crippen LogP contribution in [0.1, 0.15) is 37.9 Å². The van der Waals surface area contributed by atoms with Crippen LogP contribution in [0.25, 0.3) is 0 Å². The number of fused-ring (bicyclic) bond motifs is 5. The second-order valence-corrected chi connectivity index (χ2v) is 10.2. The van der Waals surface area contributed by atoms with Crippen LogP contribution in [-0.2, 0) is 14.4 Å². The summed E-state index contributed by atoms with van der Waals surface area (Å²) in [6.07, 6.45) is 1.72. The van der Waals surface area contributed by atoms with E-state index in [1.54, 1.807) is 35.5 Å². The highest BCUT2D eigenvalue weighted by Crippen LogP contribution is 2.53. The Morgan fingerprint density at radius 1 is 0.968 bits per heavy atom. The molecule has 0 saturated carbocycles. The molecule has 4 atom stereocenters.